The summed E-state index contributed by atoms with van der Waals surface area (Å²) in [6.45, 7) is 2.25. The smallest absolute Gasteiger partial charge is 0.147 e. The predicted molar refractivity (Wildman–Crippen MR) is 59.6 cm³/mol. The van der Waals surface area contributed by atoms with Crippen LogP contribution in [0.25, 0.3) is 0 Å². The van der Waals surface area contributed by atoms with Crippen molar-refractivity contribution in [3.8, 4) is 5.75 Å². The SMILES string of the molecule is CCOc1cc(F)ccc1N=C(N)CCl. The molecule has 3 nitrogen and oxygen atoms in total. The Morgan fingerprint density at radius 3 is 2.93 bits per heavy atom. The summed E-state index contributed by atoms with van der Waals surface area (Å²) in [6.07, 6.45) is 0. The Morgan fingerprint density at radius 2 is 2.33 bits per heavy atom. The Morgan fingerprint density at radius 1 is 1.60 bits per heavy atom. The van der Waals surface area contributed by atoms with Crippen LogP contribution in [0, 0.1) is 5.82 Å². The van der Waals surface area contributed by atoms with Crippen molar-refractivity contribution in [2.75, 3.05) is 12.5 Å². The molecule has 0 aromatic heterocycles. The van der Waals surface area contributed by atoms with Gasteiger partial charge < -0.3 is 10.5 Å². The van der Waals surface area contributed by atoms with Gasteiger partial charge in [0.25, 0.3) is 0 Å². The highest BCUT2D eigenvalue weighted by atomic mass is 35.5. The second-order valence-electron chi connectivity index (χ2n) is 2.78. The monoisotopic (exact) mass is 230 g/mol. The second kappa shape index (κ2) is 5.56. The Bertz CT molecular complexity index is 368. The number of nitrogens with zero attached hydrogens (tertiary/aromatic N) is 1. The molecule has 1 aromatic rings. The molecule has 0 amide bonds. The molecule has 0 aliphatic carbocycles. The lowest BCUT2D eigenvalue weighted by atomic mass is 10.3. The lowest BCUT2D eigenvalue weighted by Gasteiger charge is -2.06. The van der Waals surface area contributed by atoms with Gasteiger partial charge in [0.05, 0.1) is 12.5 Å². The minimum absolute atomic E-state index is 0.128. The highest BCUT2D eigenvalue weighted by Crippen LogP contribution is 2.28. The molecule has 0 aliphatic heterocycles. The molecule has 15 heavy (non-hydrogen) atoms. The minimum Gasteiger partial charge on any atom is -0.492 e. The van der Waals surface area contributed by atoms with Gasteiger partial charge in [0.2, 0.25) is 0 Å². The molecular formula is C10H12ClFN2O. The summed E-state index contributed by atoms with van der Waals surface area (Å²) in [6, 6.07) is 4.06. The van der Waals surface area contributed by atoms with Crippen molar-refractivity contribution in [3.63, 3.8) is 0 Å². The molecular weight excluding hydrogens is 219 g/mol. The maximum absolute atomic E-state index is 12.9. The molecule has 0 fully saturated rings. The molecule has 5 heteroatoms. The molecule has 0 aliphatic rings. The normalized spacial score (nSPS) is 11.5. The van der Waals surface area contributed by atoms with Gasteiger partial charge in [-0.25, -0.2) is 9.38 Å². The highest BCUT2D eigenvalue weighted by Gasteiger charge is 2.04. The van der Waals surface area contributed by atoms with Crippen LogP contribution >= 0.6 is 11.6 Å². The number of halogens is 2. The Labute approximate surface area is 92.7 Å². The quantitative estimate of drug-likeness (QED) is 0.491. The number of benzene rings is 1. The largest absolute Gasteiger partial charge is 0.492 e. The lowest BCUT2D eigenvalue weighted by molar-refractivity contribution is 0.339. The Kier molecular flexibility index (Phi) is 4.37. The van der Waals surface area contributed by atoms with Crippen LogP contribution in [0.5, 0.6) is 5.75 Å². The standard InChI is InChI=1S/C10H12ClFN2O/c1-2-15-9-5-7(12)3-4-8(9)14-10(13)6-11/h3-5H,2,6H2,1H3,(H2,13,14). The van der Waals surface area contributed by atoms with Gasteiger partial charge in [0.1, 0.15) is 23.1 Å². The van der Waals surface area contributed by atoms with E-state index in [-0.39, 0.29) is 17.5 Å². The number of amidine groups is 1. The van der Waals surface area contributed by atoms with E-state index in [9.17, 15) is 4.39 Å². The first-order valence-corrected chi connectivity index (χ1v) is 5.02. The van der Waals surface area contributed by atoms with E-state index in [0.29, 0.717) is 18.0 Å². The first-order valence-electron chi connectivity index (χ1n) is 4.48. The van der Waals surface area contributed by atoms with E-state index in [2.05, 4.69) is 4.99 Å². The third-order valence-corrected chi connectivity index (χ3v) is 1.90. The van der Waals surface area contributed by atoms with Crippen LogP contribution < -0.4 is 10.5 Å². The van der Waals surface area contributed by atoms with Gasteiger partial charge in [-0.1, -0.05) is 0 Å². The maximum Gasteiger partial charge on any atom is 0.147 e. The van der Waals surface area contributed by atoms with E-state index in [1.54, 1.807) is 0 Å². The zero-order chi connectivity index (χ0) is 11.3. The molecule has 0 bridgehead atoms. The Hall–Kier alpha value is -1.29. The fourth-order valence-electron chi connectivity index (χ4n) is 1.04. The summed E-state index contributed by atoms with van der Waals surface area (Å²) in [5.74, 6) is 0.389. The fourth-order valence-corrected chi connectivity index (χ4v) is 1.10. The minimum atomic E-state index is -0.373. The summed E-state index contributed by atoms with van der Waals surface area (Å²) >= 11 is 5.49. The van der Waals surface area contributed by atoms with E-state index in [4.69, 9.17) is 22.1 Å². The first kappa shape index (κ1) is 11.8. The molecule has 0 heterocycles. The summed E-state index contributed by atoms with van der Waals surface area (Å²) in [5.41, 5.74) is 5.96. The fraction of sp³-hybridized carbons (Fsp3) is 0.300. The van der Waals surface area contributed by atoms with Gasteiger partial charge in [-0.15, -0.1) is 11.6 Å². The molecule has 0 atom stereocenters. The summed E-state index contributed by atoms with van der Waals surface area (Å²) in [5, 5.41) is 0. The third kappa shape index (κ3) is 3.40. The predicted octanol–water partition coefficient (Wildman–Crippen LogP) is 2.45. The molecule has 0 spiro atoms. The van der Waals surface area contributed by atoms with Crippen LogP contribution in [0.3, 0.4) is 0 Å². The van der Waals surface area contributed by atoms with E-state index >= 15 is 0 Å². The second-order valence-corrected chi connectivity index (χ2v) is 3.05. The molecule has 0 saturated heterocycles. The van der Waals surface area contributed by atoms with Gasteiger partial charge in [-0.2, -0.15) is 0 Å². The van der Waals surface area contributed by atoms with Crippen LogP contribution in [0.2, 0.25) is 0 Å². The topological polar surface area (TPSA) is 47.6 Å². The van der Waals surface area contributed by atoms with Crippen LogP contribution in [-0.4, -0.2) is 18.3 Å². The Balaban J connectivity index is 3.05. The van der Waals surface area contributed by atoms with Gasteiger partial charge in [0, 0.05) is 6.07 Å². The van der Waals surface area contributed by atoms with Gasteiger partial charge >= 0.3 is 0 Å². The number of hydrogen-bond donors (Lipinski definition) is 1. The number of hydrogen-bond acceptors (Lipinski definition) is 2. The van der Waals surface area contributed by atoms with Crippen LogP contribution in [0.15, 0.2) is 23.2 Å². The van der Waals surface area contributed by atoms with Gasteiger partial charge in [-0.05, 0) is 19.1 Å². The van der Waals surface area contributed by atoms with Crippen molar-refractivity contribution in [2.24, 2.45) is 10.7 Å². The van der Waals surface area contributed by atoms with E-state index in [1.807, 2.05) is 6.92 Å². The average molecular weight is 231 g/mol. The van der Waals surface area contributed by atoms with E-state index < -0.39 is 0 Å². The summed E-state index contributed by atoms with van der Waals surface area (Å²) in [7, 11) is 0. The first-order chi connectivity index (χ1) is 7.17. The summed E-state index contributed by atoms with van der Waals surface area (Å²) in [4.78, 5) is 4.01. The number of nitrogens with two attached hydrogens (primary N) is 1. The number of ether oxygens (including phenoxy) is 1. The average Bonchev–Trinajstić information content (AvgIpc) is 2.22. The van der Waals surface area contributed by atoms with Crippen LogP contribution in [-0.2, 0) is 0 Å². The van der Waals surface area contributed by atoms with Crippen molar-refractivity contribution in [1.29, 1.82) is 0 Å². The maximum atomic E-state index is 12.9. The third-order valence-electron chi connectivity index (χ3n) is 1.62. The molecule has 0 radical (unpaired) electrons. The zero-order valence-corrected chi connectivity index (χ0v) is 9.09. The van der Waals surface area contributed by atoms with Crippen molar-refractivity contribution < 1.29 is 9.13 Å². The number of aliphatic imine (C=N–C) groups is 1. The molecule has 1 aromatic carbocycles. The molecule has 82 valence electrons. The van der Waals surface area contributed by atoms with E-state index in [0.717, 1.165) is 0 Å². The van der Waals surface area contributed by atoms with Crippen molar-refractivity contribution in [3.05, 3.63) is 24.0 Å². The number of alkyl halides is 1. The van der Waals surface area contributed by atoms with Crippen LogP contribution in [0.1, 0.15) is 6.92 Å². The van der Waals surface area contributed by atoms with Gasteiger partial charge in [-0.3, -0.25) is 0 Å². The molecule has 0 saturated carbocycles. The van der Waals surface area contributed by atoms with Crippen LogP contribution in [0.4, 0.5) is 10.1 Å². The zero-order valence-electron chi connectivity index (χ0n) is 8.34. The number of rotatable bonds is 4. The van der Waals surface area contributed by atoms with E-state index in [1.165, 1.54) is 18.2 Å². The lowest BCUT2D eigenvalue weighted by Crippen LogP contribution is -2.12. The van der Waals surface area contributed by atoms with Gasteiger partial charge in [0.15, 0.2) is 0 Å². The highest BCUT2D eigenvalue weighted by molar-refractivity contribution is 6.28. The molecule has 1 rings (SSSR count). The molecule has 2 N–H and O–H groups in total. The van der Waals surface area contributed by atoms with Crippen molar-refractivity contribution in [1.82, 2.24) is 0 Å². The van der Waals surface area contributed by atoms with Crippen molar-refractivity contribution in [2.45, 2.75) is 6.92 Å². The molecule has 0 unspecified atom stereocenters. The van der Waals surface area contributed by atoms with Crippen molar-refractivity contribution >= 4 is 23.1 Å². The summed E-state index contributed by atoms with van der Waals surface area (Å²) < 4.78 is 18.1.